The van der Waals surface area contributed by atoms with E-state index >= 15 is 0 Å². The highest BCUT2D eigenvalue weighted by Crippen LogP contribution is 2.22. The van der Waals surface area contributed by atoms with Crippen molar-refractivity contribution in [3.8, 4) is 5.75 Å². The van der Waals surface area contributed by atoms with E-state index in [4.69, 9.17) is 10.5 Å². The minimum Gasteiger partial charge on any atom is -0.484 e. The van der Waals surface area contributed by atoms with Crippen molar-refractivity contribution in [2.75, 3.05) is 13.2 Å². The van der Waals surface area contributed by atoms with Gasteiger partial charge in [-0.1, -0.05) is 0 Å². The van der Waals surface area contributed by atoms with E-state index in [2.05, 4.69) is 5.10 Å². The summed E-state index contributed by atoms with van der Waals surface area (Å²) in [5, 5.41) is 4.22. The summed E-state index contributed by atoms with van der Waals surface area (Å²) < 4.78 is 7.07. The zero-order chi connectivity index (χ0) is 16.9. The summed E-state index contributed by atoms with van der Waals surface area (Å²) >= 11 is 0. The number of primary amides is 1. The lowest BCUT2D eigenvalue weighted by Crippen LogP contribution is -2.38. The van der Waals surface area contributed by atoms with Gasteiger partial charge < -0.3 is 15.4 Å². The van der Waals surface area contributed by atoms with Crippen LogP contribution in [-0.4, -0.2) is 45.7 Å². The number of ether oxygens (including phenoxy) is 1. The molecule has 0 spiro atoms. The van der Waals surface area contributed by atoms with Crippen molar-refractivity contribution in [3.05, 3.63) is 48.3 Å². The number of aromatic nitrogens is 2. The Hall–Kier alpha value is -2.83. The zero-order valence-corrected chi connectivity index (χ0v) is 13.3. The normalized spacial score (nSPS) is 17.0. The predicted molar refractivity (Wildman–Crippen MR) is 87.4 cm³/mol. The lowest BCUT2D eigenvalue weighted by atomic mass is 10.1. The standard InChI is InChI=1S/C17H20N4O3/c18-16(22)12-24-15-6-4-13(5-7-15)17(23)21-10-1-3-14(21)11-20-9-2-8-19-20/h2,4-9,14H,1,3,10-12H2,(H2,18,22)/t14-/m1/s1. The smallest absolute Gasteiger partial charge is 0.255 e. The van der Waals surface area contributed by atoms with Crippen molar-refractivity contribution in [1.82, 2.24) is 14.7 Å². The first-order valence-electron chi connectivity index (χ1n) is 7.93. The highest BCUT2D eigenvalue weighted by molar-refractivity contribution is 5.94. The molecule has 1 aliphatic heterocycles. The third kappa shape index (κ3) is 3.73. The molecule has 1 saturated heterocycles. The highest BCUT2D eigenvalue weighted by Gasteiger charge is 2.29. The largest absolute Gasteiger partial charge is 0.484 e. The first-order chi connectivity index (χ1) is 11.6. The number of hydrogen-bond acceptors (Lipinski definition) is 4. The van der Waals surface area contributed by atoms with Crippen LogP contribution in [0.4, 0.5) is 0 Å². The fraction of sp³-hybridized carbons (Fsp3) is 0.353. The fourth-order valence-corrected chi connectivity index (χ4v) is 2.93. The molecule has 7 nitrogen and oxygen atoms in total. The Kier molecular flexibility index (Phi) is 4.79. The highest BCUT2D eigenvalue weighted by atomic mass is 16.5. The second kappa shape index (κ2) is 7.16. The summed E-state index contributed by atoms with van der Waals surface area (Å²) in [5.74, 6) is -0.0142. The Balaban J connectivity index is 1.65. The molecule has 0 radical (unpaired) electrons. The molecular weight excluding hydrogens is 308 g/mol. The number of carbonyl (C=O) groups excluding carboxylic acids is 2. The van der Waals surface area contributed by atoms with Crippen LogP contribution in [0.2, 0.25) is 0 Å². The number of carbonyl (C=O) groups is 2. The quantitative estimate of drug-likeness (QED) is 0.858. The van der Waals surface area contributed by atoms with Gasteiger partial charge in [-0.25, -0.2) is 0 Å². The van der Waals surface area contributed by atoms with E-state index in [1.807, 2.05) is 21.8 Å². The van der Waals surface area contributed by atoms with Gasteiger partial charge in [-0.15, -0.1) is 0 Å². The topological polar surface area (TPSA) is 90.5 Å². The van der Waals surface area contributed by atoms with Crippen LogP contribution >= 0.6 is 0 Å². The average Bonchev–Trinajstić information content (AvgIpc) is 3.25. The van der Waals surface area contributed by atoms with Crippen molar-refractivity contribution in [1.29, 1.82) is 0 Å². The lowest BCUT2D eigenvalue weighted by molar-refractivity contribution is -0.119. The van der Waals surface area contributed by atoms with Gasteiger partial charge in [-0.3, -0.25) is 14.3 Å². The Morgan fingerprint density at radius 1 is 1.29 bits per heavy atom. The van der Waals surface area contributed by atoms with Crippen LogP contribution in [0, 0.1) is 0 Å². The van der Waals surface area contributed by atoms with Crippen LogP contribution < -0.4 is 10.5 Å². The summed E-state index contributed by atoms with van der Waals surface area (Å²) in [6.07, 6.45) is 5.63. The second-order valence-corrected chi connectivity index (χ2v) is 5.80. The first-order valence-corrected chi connectivity index (χ1v) is 7.93. The molecule has 2 N–H and O–H groups in total. The van der Waals surface area contributed by atoms with E-state index in [-0.39, 0.29) is 18.6 Å². The fourth-order valence-electron chi connectivity index (χ4n) is 2.93. The summed E-state index contributed by atoms with van der Waals surface area (Å²) in [7, 11) is 0. The predicted octanol–water partition coefficient (Wildman–Crippen LogP) is 1.05. The van der Waals surface area contributed by atoms with Crippen LogP contribution in [0.3, 0.4) is 0 Å². The molecule has 7 heteroatoms. The summed E-state index contributed by atoms with van der Waals surface area (Å²) in [4.78, 5) is 25.4. The number of benzene rings is 1. The molecule has 1 aromatic carbocycles. The van der Waals surface area contributed by atoms with Gasteiger partial charge in [0.1, 0.15) is 5.75 Å². The van der Waals surface area contributed by atoms with Crippen molar-refractivity contribution in [2.45, 2.75) is 25.4 Å². The van der Waals surface area contributed by atoms with Gasteiger partial charge in [-0.2, -0.15) is 5.10 Å². The number of rotatable bonds is 6. The zero-order valence-electron chi connectivity index (χ0n) is 13.3. The molecule has 0 aliphatic carbocycles. The molecule has 1 aromatic heterocycles. The van der Waals surface area contributed by atoms with Gasteiger partial charge >= 0.3 is 0 Å². The molecule has 2 aromatic rings. The van der Waals surface area contributed by atoms with Crippen molar-refractivity contribution < 1.29 is 14.3 Å². The van der Waals surface area contributed by atoms with Crippen LogP contribution in [0.5, 0.6) is 5.75 Å². The van der Waals surface area contributed by atoms with E-state index in [0.717, 1.165) is 19.4 Å². The van der Waals surface area contributed by atoms with Gasteiger partial charge in [0, 0.05) is 24.5 Å². The molecule has 0 unspecified atom stereocenters. The lowest BCUT2D eigenvalue weighted by Gasteiger charge is -2.25. The molecular formula is C17H20N4O3. The molecule has 3 rings (SSSR count). The Labute approximate surface area is 140 Å². The van der Waals surface area contributed by atoms with Gasteiger partial charge in [0.25, 0.3) is 11.8 Å². The maximum absolute atomic E-state index is 12.7. The van der Waals surface area contributed by atoms with E-state index in [1.54, 1.807) is 30.5 Å². The summed E-state index contributed by atoms with van der Waals surface area (Å²) in [6, 6.07) is 8.81. The maximum Gasteiger partial charge on any atom is 0.255 e. The van der Waals surface area contributed by atoms with Crippen molar-refractivity contribution >= 4 is 11.8 Å². The van der Waals surface area contributed by atoms with Gasteiger partial charge in [0.15, 0.2) is 6.61 Å². The number of hydrogen-bond donors (Lipinski definition) is 1. The minimum absolute atomic E-state index is 0.00565. The molecule has 2 amide bonds. The molecule has 24 heavy (non-hydrogen) atoms. The molecule has 1 fully saturated rings. The van der Waals surface area contributed by atoms with Crippen LogP contribution in [-0.2, 0) is 11.3 Å². The molecule has 1 aliphatic rings. The maximum atomic E-state index is 12.7. The van der Waals surface area contributed by atoms with Crippen LogP contribution in [0.15, 0.2) is 42.7 Å². The van der Waals surface area contributed by atoms with E-state index in [1.165, 1.54) is 0 Å². The van der Waals surface area contributed by atoms with Gasteiger partial charge in [0.05, 0.1) is 12.6 Å². The SMILES string of the molecule is NC(=O)COc1ccc(C(=O)N2CCC[C@@H]2Cn2cccn2)cc1. The molecule has 0 saturated carbocycles. The number of nitrogens with two attached hydrogens (primary N) is 1. The van der Waals surface area contributed by atoms with Gasteiger partial charge in [-0.05, 0) is 43.2 Å². The molecule has 0 bridgehead atoms. The van der Waals surface area contributed by atoms with E-state index in [9.17, 15) is 9.59 Å². The molecule has 126 valence electrons. The minimum atomic E-state index is -0.534. The van der Waals surface area contributed by atoms with Crippen LogP contribution in [0.25, 0.3) is 0 Å². The third-order valence-electron chi connectivity index (χ3n) is 4.08. The van der Waals surface area contributed by atoms with Crippen molar-refractivity contribution in [3.63, 3.8) is 0 Å². The number of nitrogens with zero attached hydrogens (tertiary/aromatic N) is 3. The van der Waals surface area contributed by atoms with Crippen LogP contribution in [0.1, 0.15) is 23.2 Å². The summed E-state index contributed by atoms with van der Waals surface area (Å²) in [5.41, 5.74) is 5.65. The third-order valence-corrected chi connectivity index (χ3v) is 4.08. The molecule has 2 heterocycles. The van der Waals surface area contributed by atoms with Gasteiger partial charge in [0.2, 0.25) is 0 Å². The van der Waals surface area contributed by atoms with E-state index in [0.29, 0.717) is 17.9 Å². The Bertz CT molecular complexity index is 697. The Morgan fingerprint density at radius 2 is 2.08 bits per heavy atom. The first kappa shape index (κ1) is 16.0. The monoisotopic (exact) mass is 328 g/mol. The number of amides is 2. The summed E-state index contributed by atoms with van der Waals surface area (Å²) in [6.45, 7) is 1.29. The Morgan fingerprint density at radius 3 is 2.75 bits per heavy atom. The molecule has 1 atom stereocenters. The van der Waals surface area contributed by atoms with Crippen molar-refractivity contribution in [2.24, 2.45) is 5.73 Å². The second-order valence-electron chi connectivity index (χ2n) is 5.80. The number of likely N-dealkylation sites (tertiary alicyclic amines) is 1. The average molecular weight is 328 g/mol. The van der Waals surface area contributed by atoms with E-state index < -0.39 is 5.91 Å².